The van der Waals surface area contributed by atoms with E-state index in [9.17, 15) is 9.59 Å². The molecule has 0 aliphatic rings. The van der Waals surface area contributed by atoms with E-state index in [1.165, 1.54) is 6.92 Å². The minimum atomic E-state index is -0.526. The molecule has 0 heterocycles. The monoisotopic (exact) mass is 225 g/mol. The van der Waals surface area contributed by atoms with Crippen LogP contribution in [-0.4, -0.2) is 39.2 Å². The van der Waals surface area contributed by atoms with Gasteiger partial charge in [0.1, 0.15) is 0 Å². The van der Waals surface area contributed by atoms with Gasteiger partial charge in [-0.15, -0.1) is 0 Å². The Labute approximate surface area is 96.1 Å². The highest BCUT2D eigenvalue weighted by molar-refractivity contribution is 6.63. The van der Waals surface area contributed by atoms with E-state index >= 15 is 0 Å². The molecule has 0 aliphatic carbocycles. The first-order valence-electron chi connectivity index (χ1n) is 5.42. The lowest BCUT2D eigenvalue weighted by atomic mass is 10.1. The van der Waals surface area contributed by atoms with Crippen LogP contribution >= 0.6 is 0 Å². The van der Waals surface area contributed by atoms with Gasteiger partial charge in [-0.2, -0.15) is 4.79 Å². The average Bonchev–Trinajstić information content (AvgIpc) is 2.17. The third kappa shape index (κ3) is 3.28. The Morgan fingerprint density at radius 3 is 2.06 bits per heavy atom. The van der Waals surface area contributed by atoms with Crippen molar-refractivity contribution in [2.75, 3.05) is 0 Å². The predicted octanol–water partition coefficient (Wildman–Crippen LogP) is 1.28. The molecule has 0 saturated carbocycles. The van der Waals surface area contributed by atoms with E-state index in [0.29, 0.717) is 0 Å². The molecule has 5 heteroatoms. The molecule has 16 heavy (non-hydrogen) atoms. The van der Waals surface area contributed by atoms with Crippen molar-refractivity contribution < 1.29 is 14.4 Å². The highest BCUT2D eigenvalue weighted by Crippen LogP contribution is 2.09. The number of Topliss-reactive ketones (excluding diaryl/α,β-unsaturated/α-hetero) is 1. The van der Waals surface area contributed by atoms with Gasteiger partial charge in [0.15, 0.2) is 0 Å². The first kappa shape index (κ1) is 14.5. The highest BCUT2D eigenvalue weighted by Gasteiger charge is 2.34. The maximum Gasteiger partial charge on any atom is 0.421 e. The number of ketones is 1. The zero-order valence-electron chi connectivity index (χ0n) is 10.5. The molecule has 0 aromatic rings. The summed E-state index contributed by atoms with van der Waals surface area (Å²) in [5.41, 5.74) is 8.26. The van der Waals surface area contributed by atoms with Gasteiger partial charge < -0.3 is 10.4 Å². The number of amides is 1. The fourth-order valence-electron chi connectivity index (χ4n) is 1.53. The number of carbonyl (C=O) groups is 2. The van der Waals surface area contributed by atoms with Crippen molar-refractivity contribution in [3.8, 4) is 0 Å². The molecule has 5 nitrogen and oxygen atoms in total. The molecule has 0 aromatic heterocycles. The molecule has 90 valence electrons. The standard InChI is InChI=1S/C11H19N3O2/c1-6-8(4)14(7(2)3)11(16)10(13-12)9(5)15/h7-8H,6H2,1-5H3/t8-/m1/s1. The van der Waals surface area contributed by atoms with Gasteiger partial charge in [0.25, 0.3) is 0 Å². The molecular weight excluding hydrogens is 206 g/mol. The van der Waals surface area contributed by atoms with Crippen molar-refractivity contribution in [3.63, 3.8) is 0 Å². The zero-order chi connectivity index (χ0) is 12.9. The summed E-state index contributed by atoms with van der Waals surface area (Å²) in [6.07, 6.45) is 0.778. The second-order valence-corrected chi connectivity index (χ2v) is 4.07. The van der Waals surface area contributed by atoms with Gasteiger partial charge in [-0.1, -0.05) is 6.92 Å². The van der Waals surface area contributed by atoms with Crippen LogP contribution in [0.4, 0.5) is 0 Å². The third-order valence-electron chi connectivity index (χ3n) is 2.49. The molecule has 0 spiro atoms. The molecule has 0 aliphatic heterocycles. The number of carbonyl (C=O) groups excluding carboxylic acids is 2. The summed E-state index contributed by atoms with van der Waals surface area (Å²) in [4.78, 5) is 27.4. The van der Waals surface area contributed by atoms with Gasteiger partial charge in [-0.05, 0) is 27.2 Å². The zero-order valence-corrected chi connectivity index (χ0v) is 10.5. The molecule has 1 amide bonds. The molecule has 0 saturated heterocycles. The summed E-state index contributed by atoms with van der Waals surface area (Å²) in [6, 6.07) is -0.0397. The minimum Gasteiger partial charge on any atom is -0.360 e. The van der Waals surface area contributed by atoms with Crippen molar-refractivity contribution in [1.82, 2.24) is 4.90 Å². The highest BCUT2D eigenvalue weighted by atomic mass is 16.2. The Hall–Kier alpha value is -1.48. The molecule has 0 bridgehead atoms. The van der Waals surface area contributed by atoms with Crippen molar-refractivity contribution in [2.45, 2.75) is 53.1 Å². The summed E-state index contributed by atoms with van der Waals surface area (Å²) in [5, 5.41) is 0. The van der Waals surface area contributed by atoms with Gasteiger partial charge in [0, 0.05) is 19.0 Å². The molecule has 0 rings (SSSR count). The topological polar surface area (TPSA) is 73.8 Å². The van der Waals surface area contributed by atoms with E-state index in [4.69, 9.17) is 5.53 Å². The van der Waals surface area contributed by atoms with E-state index in [-0.39, 0.29) is 12.1 Å². The lowest BCUT2D eigenvalue weighted by molar-refractivity contribution is -0.134. The van der Waals surface area contributed by atoms with Crippen molar-refractivity contribution in [1.29, 1.82) is 0 Å². The summed E-state index contributed by atoms with van der Waals surface area (Å²) >= 11 is 0. The molecule has 0 aromatic carbocycles. The van der Waals surface area contributed by atoms with Gasteiger partial charge in [0.2, 0.25) is 5.78 Å². The Morgan fingerprint density at radius 1 is 1.31 bits per heavy atom. The van der Waals surface area contributed by atoms with Gasteiger partial charge in [-0.3, -0.25) is 9.59 Å². The molecule has 0 unspecified atom stereocenters. The van der Waals surface area contributed by atoms with Crippen molar-refractivity contribution in [3.05, 3.63) is 5.53 Å². The normalized spacial score (nSPS) is 11.9. The Bertz CT molecular complexity index is 330. The second kappa shape index (κ2) is 6.18. The van der Waals surface area contributed by atoms with Crippen molar-refractivity contribution >= 4 is 17.4 Å². The Kier molecular flexibility index (Phi) is 5.61. The van der Waals surface area contributed by atoms with Gasteiger partial charge >= 0.3 is 11.6 Å². The first-order chi connectivity index (χ1) is 7.36. The second-order valence-electron chi connectivity index (χ2n) is 4.07. The molecule has 0 N–H and O–H groups in total. The van der Waals surface area contributed by atoms with Crippen LogP contribution in [0.2, 0.25) is 0 Å². The van der Waals surface area contributed by atoms with E-state index in [0.717, 1.165) is 6.42 Å². The molecule has 0 fully saturated rings. The molecule has 0 radical (unpaired) electrons. The largest absolute Gasteiger partial charge is 0.421 e. The first-order valence-corrected chi connectivity index (χ1v) is 5.42. The van der Waals surface area contributed by atoms with Crippen LogP contribution in [0.25, 0.3) is 5.53 Å². The minimum absolute atomic E-state index is 0.00333. The molecular formula is C11H19N3O2. The van der Waals surface area contributed by atoms with Crippen LogP contribution in [-0.2, 0) is 9.59 Å². The smallest absolute Gasteiger partial charge is 0.360 e. The van der Waals surface area contributed by atoms with Crippen LogP contribution in [0.1, 0.15) is 41.0 Å². The van der Waals surface area contributed by atoms with Crippen LogP contribution < -0.4 is 0 Å². The maximum atomic E-state index is 12.0. The Morgan fingerprint density at radius 2 is 1.81 bits per heavy atom. The lowest BCUT2D eigenvalue weighted by Crippen LogP contribution is -2.48. The van der Waals surface area contributed by atoms with E-state index in [1.54, 1.807) is 4.90 Å². The lowest BCUT2D eigenvalue weighted by Gasteiger charge is -2.30. The Balaban J connectivity index is 5.17. The van der Waals surface area contributed by atoms with Crippen LogP contribution in [0.3, 0.4) is 0 Å². The van der Waals surface area contributed by atoms with Crippen LogP contribution in [0.15, 0.2) is 0 Å². The van der Waals surface area contributed by atoms with Crippen molar-refractivity contribution in [2.24, 2.45) is 0 Å². The number of hydrogen-bond acceptors (Lipinski definition) is 2. The van der Waals surface area contributed by atoms with E-state index in [1.807, 2.05) is 27.7 Å². The summed E-state index contributed by atoms with van der Waals surface area (Å²) in [5.74, 6) is -1.04. The summed E-state index contributed by atoms with van der Waals surface area (Å²) in [6.45, 7) is 8.78. The maximum absolute atomic E-state index is 12.0. The quantitative estimate of drug-likeness (QED) is 0.306. The van der Waals surface area contributed by atoms with Gasteiger partial charge in [-0.25, -0.2) is 0 Å². The number of hydrogen-bond donors (Lipinski definition) is 0. The predicted molar refractivity (Wildman–Crippen MR) is 61.0 cm³/mol. The van der Waals surface area contributed by atoms with E-state index < -0.39 is 17.4 Å². The van der Waals surface area contributed by atoms with Crippen LogP contribution in [0, 0.1) is 0 Å². The van der Waals surface area contributed by atoms with E-state index in [2.05, 4.69) is 4.79 Å². The molecule has 1 atom stereocenters. The van der Waals surface area contributed by atoms with Gasteiger partial charge in [0.05, 0.1) is 0 Å². The van der Waals surface area contributed by atoms with Crippen LogP contribution in [0.5, 0.6) is 0 Å². The average molecular weight is 225 g/mol. The SMILES string of the molecule is CC[C@@H](C)N(C(=O)C(=[N+]=[N-])C(C)=O)C(C)C. The fraction of sp³-hybridized carbons (Fsp3) is 0.727. The number of nitrogens with zero attached hydrogens (tertiary/aromatic N) is 3. The summed E-state index contributed by atoms with van der Waals surface area (Å²) < 4.78 is 0. The third-order valence-corrected chi connectivity index (χ3v) is 2.49. The fourth-order valence-corrected chi connectivity index (χ4v) is 1.53. The summed E-state index contributed by atoms with van der Waals surface area (Å²) in [7, 11) is 0. The number of rotatable bonds is 5.